The maximum Gasteiger partial charge on any atom is 0.305 e. The molecule has 0 spiro atoms. The van der Waals surface area contributed by atoms with Crippen LogP contribution in [0.1, 0.15) is 162 Å². The van der Waals surface area contributed by atoms with E-state index in [2.05, 4.69) is 38.2 Å². The highest BCUT2D eigenvalue weighted by Gasteiger charge is 2.12. The molecular weight excluding hydrogens is 564 g/mol. The van der Waals surface area contributed by atoms with Crippen molar-refractivity contribution >= 4 is 11.9 Å². The number of ether oxygens (including phenoxy) is 2. The number of esters is 2. The largest absolute Gasteiger partial charge is 0.463 e. The number of rotatable bonds is 32. The molecule has 260 valence electrons. The molecule has 6 nitrogen and oxygen atoms in total. The Kier molecular flexibility index (Phi) is 33.0. The molecule has 0 bridgehead atoms. The van der Waals surface area contributed by atoms with Crippen LogP contribution in [0.5, 0.6) is 0 Å². The smallest absolute Gasteiger partial charge is 0.305 e. The first-order valence-electron chi connectivity index (χ1n) is 18.3. The van der Waals surface area contributed by atoms with Crippen molar-refractivity contribution in [2.75, 3.05) is 13.2 Å². The first-order valence-corrected chi connectivity index (χ1v) is 18.3. The van der Waals surface area contributed by atoms with Gasteiger partial charge in [-0.05, 0) is 44.9 Å². The number of unbranched alkanes of at least 4 members (excludes halogenated alkanes) is 15. The number of aliphatic hydroxyl groups excluding tert-OH is 2. The second-order valence-corrected chi connectivity index (χ2v) is 12.2. The van der Waals surface area contributed by atoms with Crippen LogP contribution in [0.4, 0.5) is 0 Å². The zero-order valence-electron chi connectivity index (χ0n) is 29.0. The molecule has 0 heterocycles. The third-order valence-electron chi connectivity index (χ3n) is 7.67. The molecule has 0 aliphatic carbocycles. The molecule has 0 aromatic carbocycles. The van der Waals surface area contributed by atoms with Gasteiger partial charge in [0.25, 0.3) is 0 Å². The molecule has 0 radical (unpaired) electrons. The summed E-state index contributed by atoms with van der Waals surface area (Å²) >= 11 is 0. The number of carbonyl (C=O) groups is 2. The molecule has 0 aliphatic heterocycles. The molecule has 0 rings (SSSR count). The number of carbonyl (C=O) groups excluding carboxylic acids is 2. The molecule has 0 fully saturated rings. The van der Waals surface area contributed by atoms with Crippen LogP contribution in [-0.2, 0) is 19.1 Å². The van der Waals surface area contributed by atoms with E-state index in [1.807, 2.05) is 18.2 Å². The monoisotopic (exact) mass is 633 g/mol. The van der Waals surface area contributed by atoms with Crippen LogP contribution in [-0.4, -0.2) is 47.6 Å². The summed E-state index contributed by atoms with van der Waals surface area (Å²) < 4.78 is 10.2. The Morgan fingerprint density at radius 2 is 1.02 bits per heavy atom. The van der Waals surface area contributed by atoms with Crippen molar-refractivity contribution in [1.82, 2.24) is 0 Å². The van der Waals surface area contributed by atoms with Crippen LogP contribution in [0, 0.1) is 0 Å². The highest BCUT2D eigenvalue weighted by molar-refractivity contribution is 5.69. The molecule has 0 unspecified atom stereocenters. The summed E-state index contributed by atoms with van der Waals surface area (Å²) in [6.07, 6.45) is 39.1. The van der Waals surface area contributed by atoms with Crippen LogP contribution in [0.2, 0.25) is 0 Å². The molecular formula is C39H68O6. The Morgan fingerprint density at radius 1 is 0.556 bits per heavy atom. The molecule has 2 N–H and O–H groups in total. The Hall–Kier alpha value is -2.18. The van der Waals surface area contributed by atoms with Gasteiger partial charge in [0.05, 0.1) is 6.10 Å². The van der Waals surface area contributed by atoms with Crippen LogP contribution in [0.15, 0.2) is 48.6 Å². The minimum atomic E-state index is -1.04. The van der Waals surface area contributed by atoms with Crippen LogP contribution < -0.4 is 0 Å². The summed E-state index contributed by atoms with van der Waals surface area (Å²) in [4.78, 5) is 23.9. The molecule has 6 heteroatoms. The van der Waals surface area contributed by atoms with E-state index in [1.54, 1.807) is 6.08 Å². The molecule has 0 amide bonds. The Labute approximate surface area is 276 Å². The van der Waals surface area contributed by atoms with E-state index in [-0.39, 0.29) is 25.6 Å². The average molecular weight is 633 g/mol. The lowest BCUT2D eigenvalue weighted by Gasteiger charge is -2.12. The summed E-state index contributed by atoms with van der Waals surface area (Å²) in [5.74, 6) is -0.760. The van der Waals surface area contributed by atoms with Crippen molar-refractivity contribution in [2.24, 2.45) is 0 Å². The van der Waals surface area contributed by atoms with Gasteiger partial charge >= 0.3 is 11.9 Å². The fourth-order valence-corrected chi connectivity index (χ4v) is 4.83. The molecule has 0 aromatic heterocycles. The van der Waals surface area contributed by atoms with Crippen molar-refractivity contribution in [3.05, 3.63) is 48.6 Å². The average Bonchev–Trinajstić information content (AvgIpc) is 3.03. The normalized spacial score (nSPS) is 13.4. The fourth-order valence-electron chi connectivity index (χ4n) is 4.83. The summed E-state index contributed by atoms with van der Waals surface area (Å²) in [6, 6.07) is 0. The van der Waals surface area contributed by atoms with Crippen LogP contribution >= 0.6 is 0 Å². The molecule has 45 heavy (non-hydrogen) atoms. The zero-order chi connectivity index (χ0) is 33.1. The van der Waals surface area contributed by atoms with Gasteiger partial charge in [0.1, 0.15) is 19.3 Å². The fraction of sp³-hybridized carbons (Fsp3) is 0.744. The van der Waals surface area contributed by atoms with E-state index in [9.17, 15) is 19.8 Å². The van der Waals surface area contributed by atoms with Gasteiger partial charge in [-0.3, -0.25) is 9.59 Å². The molecule has 0 saturated heterocycles. The Bertz CT molecular complexity index is 784. The first kappa shape index (κ1) is 42.8. The van der Waals surface area contributed by atoms with Crippen LogP contribution in [0.25, 0.3) is 0 Å². The van der Waals surface area contributed by atoms with E-state index in [0.717, 1.165) is 38.5 Å². The molecule has 0 aliphatic rings. The predicted octanol–water partition coefficient (Wildman–Crippen LogP) is 10.0. The standard InChI is InChI=1S/C39H68O6/c1-3-5-7-9-11-13-15-17-19-21-23-25-27-30-36(40)31-29-33-39(43)45-35-37(41)34-44-38(42)32-28-26-24-22-20-18-16-14-12-10-8-6-4-2/h11,13,17,19,23,25,27,30,36-37,40-41H,3-10,12,14-16,18,20-22,24,26,28-29,31-35H2,1-2H3/b13-11-,19-17-,25-23-,30-27+/t36-,37+/m1/s1. The van der Waals surface area contributed by atoms with Crippen LogP contribution in [0.3, 0.4) is 0 Å². The molecule has 2 atom stereocenters. The third-order valence-corrected chi connectivity index (χ3v) is 7.67. The third kappa shape index (κ3) is 34.5. The van der Waals surface area contributed by atoms with Crippen molar-refractivity contribution in [3.8, 4) is 0 Å². The van der Waals surface area contributed by atoms with Gasteiger partial charge in [0, 0.05) is 12.8 Å². The highest BCUT2D eigenvalue weighted by Crippen LogP contribution is 2.13. The molecule has 0 aromatic rings. The summed E-state index contributed by atoms with van der Waals surface area (Å²) in [5, 5.41) is 20.0. The van der Waals surface area contributed by atoms with E-state index in [4.69, 9.17) is 9.47 Å². The number of aliphatic hydroxyl groups is 2. The Balaban J connectivity index is 3.66. The summed E-state index contributed by atoms with van der Waals surface area (Å²) in [6.45, 7) is 4.09. The Morgan fingerprint density at radius 3 is 1.60 bits per heavy atom. The quantitative estimate of drug-likeness (QED) is 0.0332. The van der Waals surface area contributed by atoms with Gasteiger partial charge in [-0.25, -0.2) is 0 Å². The number of hydrogen-bond donors (Lipinski definition) is 2. The predicted molar refractivity (Wildman–Crippen MR) is 188 cm³/mol. The van der Waals surface area contributed by atoms with Gasteiger partial charge in [0.2, 0.25) is 0 Å². The van der Waals surface area contributed by atoms with E-state index in [0.29, 0.717) is 19.3 Å². The highest BCUT2D eigenvalue weighted by atomic mass is 16.6. The number of hydrogen-bond acceptors (Lipinski definition) is 6. The minimum Gasteiger partial charge on any atom is -0.463 e. The summed E-state index contributed by atoms with van der Waals surface area (Å²) in [5.41, 5.74) is 0. The lowest BCUT2D eigenvalue weighted by molar-refractivity contribution is -0.152. The van der Waals surface area contributed by atoms with Gasteiger partial charge in [-0.2, -0.15) is 0 Å². The maximum atomic E-state index is 11.9. The van der Waals surface area contributed by atoms with E-state index < -0.39 is 18.2 Å². The van der Waals surface area contributed by atoms with E-state index >= 15 is 0 Å². The van der Waals surface area contributed by atoms with Gasteiger partial charge in [0.15, 0.2) is 0 Å². The van der Waals surface area contributed by atoms with Crippen molar-refractivity contribution in [2.45, 2.75) is 174 Å². The van der Waals surface area contributed by atoms with Gasteiger partial charge < -0.3 is 19.7 Å². The lowest BCUT2D eigenvalue weighted by Crippen LogP contribution is -2.25. The second kappa shape index (κ2) is 34.7. The SMILES string of the molecule is CCCCC/C=C\C/C=C\C/C=C\C=C\[C@@H](O)CCCC(=O)OC[C@@H](O)COC(=O)CCCCCCCCCCCCCCC. The van der Waals surface area contributed by atoms with Gasteiger partial charge in [-0.1, -0.05) is 152 Å². The van der Waals surface area contributed by atoms with Crippen molar-refractivity contribution in [1.29, 1.82) is 0 Å². The first-order chi connectivity index (χ1) is 22.0. The number of allylic oxidation sites excluding steroid dienone is 7. The van der Waals surface area contributed by atoms with Crippen molar-refractivity contribution < 1.29 is 29.3 Å². The minimum absolute atomic E-state index is 0.157. The maximum absolute atomic E-state index is 11.9. The second-order valence-electron chi connectivity index (χ2n) is 12.2. The molecule has 0 saturated carbocycles. The van der Waals surface area contributed by atoms with E-state index in [1.165, 1.54) is 83.5 Å². The van der Waals surface area contributed by atoms with Gasteiger partial charge in [-0.15, -0.1) is 0 Å². The summed E-state index contributed by atoms with van der Waals surface area (Å²) in [7, 11) is 0. The zero-order valence-corrected chi connectivity index (χ0v) is 29.0. The lowest BCUT2D eigenvalue weighted by atomic mass is 10.0. The topological polar surface area (TPSA) is 93.1 Å². The van der Waals surface area contributed by atoms with Crippen molar-refractivity contribution in [3.63, 3.8) is 0 Å².